The van der Waals surface area contributed by atoms with Crippen LogP contribution in [0.5, 0.6) is 0 Å². The van der Waals surface area contributed by atoms with E-state index in [1.54, 1.807) is 0 Å². The van der Waals surface area contributed by atoms with Gasteiger partial charge in [0.05, 0.1) is 23.7 Å². The number of thiophene rings is 1. The van der Waals surface area contributed by atoms with Crippen LogP contribution in [0.3, 0.4) is 0 Å². The summed E-state index contributed by atoms with van der Waals surface area (Å²) in [6, 6.07) is 7.79. The molecule has 1 aromatic carbocycles. The molecule has 1 aliphatic heterocycles. The first-order valence-corrected chi connectivity index (χ1v) is 14.6. The number of benzene rings is 1. The molecule has 0 saturated heterocycles. The van der Waals surface area contributed by atoms with Gasteiger partial charge in [-0.25, -0.2) is 15.1 Å². The maximum atomic E-state index is 13.6. The summed E-state index contributed by atoms with van der Waals surface area (Å²) in [6.45, 7) is 2.63. The molecule has 196 valence electrons. The number of aryl methyl sites for hydroxylation is 1. The number of halogens is 1. The van der Waals surface area contributed by atoms with Crippen LogP contribution in [-0.4, -0.2) is 43.4 Å². The lowest BCUT2D eigenvalue weighted by Crippen LogP contribution is -2.22. The summed E-state index contributed by atoms with van der Waals surface area (Å²) in [6.07, 6.45) is 5.72. The molecule has 1 aliphatic carbocycles. The molecule has 0 amide bonds. The Morgan fingerprint density at radius 2 is 2.14 bits per heavy atom. The standard InChI is InChI=1S/C25H27ClN4O5S2/c1-14-19(24-20-9-17(26)4-3-16(20)6-7-34-24)10-22(36-14)23(31)21-11-28-13-29-25(21)30-18-5-2-15(8-18)12-35-37(27,32)33/h3-4,9-11,13,15,18,24H,2,5-8,12H2,1H3,(H2,27,32,33)(H,28,29,30)/t15?,18-,24+/m1/s1. The zero-order valence-corrected chi connectivity index (χ0v) is 22.5. The van der Waals surface area contributed by atoms with Gasteiger partial charge in [-0.3, -0.25) is 8.98 Å². The van der Waals surface area contributed by atoms with E-state index in [1.165, 1.54) is 29.4 Å². The Hall–Kier alpha value is -2.41. The predicted octanol–water partition coefficient (Wildman–Crippen LogP) is 4.19. The number of carbonyl (C=O) groups is 1. The highest BCUT2D eigenvalue weighted by Crippen LogP contribution is 2.39. The van der Waals surface area contributed by atoms with E-state index in [4.69, 9.17) is 25.7 Å². The Kier molecular flexibility index (Phi) is 7.62. The molecule has 12 heteroatoms. The molecule has 3 heterocycles. The average Bonchev–Trinajstić information content (AvgIpc) is 3.48. The first-order valence-electron chi connectivity index (χ1n) is 12.0. The first kappa shape index (κ1) is 26.2. The number of ketones is 1. The molecule has 0 radical (unpaired) electrons. The molecule has 1 fully saturated rings. The second-order valence-electron chi connectivity index (χ2n) is 9.38. The lowest BCUT2D eigenvalue weighted by atomic mass is 9.93. The first-order chi connectivity index (χ1) is 17.7. The zero-order chi connectivity index (χ0) is 26.2. The van der Waals surface area contributed by atoms with Crippen LogP contribution in [-0.2, 0) is 25.6 Å². The van der Waals surface area contributed by atoms with Crippen molar-refractivity contribution in [3.8, 4) is 0 Å². The Morgan fingerprint density at radius 1 is 1.30 bits per heavy atom. The van der Waals surface area contributed by atoms with Crippen LogP contribution in [0.25, 0.3) is 0 Å². The van der Waals surface area contributed by atoms with Gasteiger partial charge in [0.25, 0.3) is 0 Å². The molecule has 9 nitrogen and oxygen atoms in total. The van der Waals surface area contributed by atoms with Crippen LogP contribution < -0.4 is 10.5 Å². The van der Waals surface area contributed by atoms with Crippen molar-refractivity contribution in [3.63, 3.8) is 0 Å². The summed E-state index contributed by atoms with van der Waals surface area (Å²) in [7, 11) is -3.97. The fourth-order valence-corrected chi connectivity index (χ4v) is 6.59. The number of hydrogen-bond acceptors (Lipinski definition) is 9. The van der Waals surface area contributed by atoms with Crippen molar-refractivity contribution in [2.24, 2.45) is 11.1 Å². The highest BCUT2D eigenvalue weighted by Gasteiger charge is 2.30. The van der Waals surface area contributed by atoms with Gasteiger partial charge < -0.3 is 10.1 Å². The molecule has 0 spiro atoms. The number of ether oxygens (including phenoxy) is 1. The van der Waals surface area contributed by atoms with Gasteiger partial charge in [-0.2, -0.15) is 8.42 Å². The largest absolute Gasteiger partial charge is 0.368 e. The molecule has 3 N–H and O–H groups in total. The number of carbonyl (C=O) groups excluding carboxylic acids is 1. The fraction of sp³-hybridized carbons (Fsp3) is 0.400. The van der Waals surface area contributed by atoms with Crippen LogP contribution in [0.1, 0.15) is 62.2 Å². The Morgan fingerprint density at radius 3 is 2.95 bits per heavy atom. The summed E-state index contributed by atoms with van der Waals surface area (Å²) in [4.78, 5) is 23.6. The van der Waals surface area contributed by atoms with Gasteiger partial charge in [0.1, 0.15) is 18.2 Å². The van der Waals surface area contributed by atoms with E-state index in [9.17, 15) is 13.2 Å². The molecule has 37 heavy (non-hydrogen) atoms. The fourth-order valence-electron chi connectivity index (χ4n) is 5.03. The van der Waals surface area contributed by atoms with E-state index < -0.39 is 10.3 Å². The van der Waals surface area contributed by atoms with Gasteiger partial charge in [0, 0.05) is 22.1 Å². The zero-order valence-electron chi connectivity index (χ0n) is 20.1. The number of anilines is 1. The third kappa shape index (κ3) is 6.02. The number of fused-ring (bicyclic) bond motifs is 1. The minimum atomic E-state index is -3.97. The maximum Gasteiger partial charge on any atom is 0.333 e. The molecule has 3 atom stereocenters. The van der Waals surface area contributed by atoms with E-state index >= 15 is 0 Å². The summed E-state index contributed by atoms with van der Waals surface area (Å²) >= 11 is 7.69. The van der Waals surface area contributed by atoms with Gasteiger partial charge >= 0.3 is 10.3 Å². The SMILES string of the molecule is Cc1sc(C(=O)c2cncnc2N[C@@H]2CCC(COS(N)(=O)=O)C2)cc1[C@@H]1OCCc2ccc(Cl)cc21. The van der Waals surface area contributed by atoms with E-state index in [0.29, 0.717) is 34.3 Å². The minimum absolute atomic E-state index is 0.0213. The van der Waals surface area contributed by atoms with Crippen molar-refractivity contribution in [1.82, 2.24) is 9.97 Å². The Labute approximate surface area is 224 Å². The molecule has 5 rings (SSSR count). The van der Waals surface area contributed by atoms with Crippen molar-refractivity contribution in [1.29, 1.82) is 0 Å². The molecule has 3 aromatic rings. The van der Waals surface area contributed by atoms with E-state index in [1.807, 2.05) is 31.2 Å². The number of hydrogen-bond donors (Lipinski definition) is 2. The normalized spacial score (nSPS) is 21.5. The van der Waals surface area contributed by atoms with Crippen LogP contribution in [0.2, 0.25) is 5.02 Å². The molecular weight excluding hydrogens is 536 g/mol. The number of rotatable bonds is 8. The van der Waals surface area contributed by atoms with Crippen LogP contribution in [0, 0.1) is 12.8 Å². The number of aromatic nitrogens is 2. The van der Waals surface area contributed by atoms with Crippen molar-refractivity contribution in [2.75, 3.05) is 18.5 Å². The summed E-state index contributed by atoms with van der Waals surface area (Å²) in [5, 5.41) is 8.94. The molecule has 1 saturated carbocycles. The lowest BCUT2D eigenvalue weighted by molar-refractivity contribution is 0.0697. The maximum absolute atomic E-state index is 13.6. The molecule has 2 aromatic heterocycles. The lowest BCUT2D eigenvalue weighted by Gasteiger charge is -2.26. The Balaban J connectivity index is 1.34. The van der Waals surface area contributed by atoms with Gasteiger partial charge in [0.2, 0.25) is 5.78 Å². The number of nitrogens with one attached hydrogen (secondary N) is 1. The molecular formula is C25H27ClN4O5S2. The van der Waals surface area contributed by atoms with Crippen molar-refractivity contribution < 1.29 is 22.1 Å². The van der Waals surface area contributed by atoms with Crippen molar-refractivity contribution in [3.05, 3.63) is 73.8 Å². The van der Waals surface area contributed by atoms with Crippen LogP contribution >= 0.6 is 22.9 Å². The van der Waals surface area contributed by atoms with Gasteiger partial charge in [-0.05, 0) is 73.4 Å². The molecule has 2 aliphatic rings. The third-order valence-electron chi connectivity index (χ3n) is 6.82. The van der Waals surface area contributed by atoms with Crippen LogP contribution in [0.15, 0.2) is 36.8 Å². The average molecular weight is 563 g/mol. The predicted molar refractivity (Wildman–Crippen MR) is 141 cm³/mol. The number of nitrogens with zero attached hydrogens (tertiary/aromatic N) is 2. The summed E-state index contributed by atoms with van der Waals surface area (Å²) in [5.74, 6) is 0.333. The van der Waals surface area contributed by atoms with Crippen molar-refractivity contribution in [2.45, 2.75) is 44.8 Å². The Bertz CT molecular complexity index is 1430. The number of nitrogens with two attached hydrogens (primary N) is 1. The van der Waals surface area contributed by atoms with Gasteiger partial charge in [-0.1, -0.05) is 17.7 Å². The second kappa shape index (κ2) is 10.8. The summed E-state index contributed by atoms with van der Waals surface area (Å²) in [5.41, 5.74) is 3.57. The molecule has 1 unspecified atom stereocenters. The van der Waals surface area contributed by atoms with Crippen molar-refractivity contribution >= 4 is 44.8 Å². The second-order valence-corrected chi connectivity index (χ2v) is 12.3. The molecule has 0 bridgehead atoms. The monoisotopic (exact) mass is 562 g/mol. The summed E-state index contributed by atoms with van der Waals surface area (Å²) < 4.78 is 33.1. The highest BCUT2D eigenvalue weighted by atomic mass is 35.5. The van der Waals surface area contributed by atoms with E-state index in [-0.39, 0.29) is 30.5 Å². The van der Waals surface area contributed by atoms with E-state index in [2.05, 4.69) is 15.3 Å². The van der Waals surface area contributed by atoms with Gasteiger partial charge in [-0.15, -0.1) is 11.3 Å². The smallest absolute Gasteiger partial charge is 0.333 e. The van der Waals surface area contributed by atoms with Gasteiger partial charge in [0.15, 0.2) is 0 Å². The van der Waals surface area contributed by atoms with Crippen LogP contribution in [0.4, 0.5) is 5.82 Å². The minimum Gasteiger partial charge on any atom is -0.368 e. The topological polar surface area (TPSA) is 133 Å². The van der Waals surface area contributed by atoms with E-state index in [0.717, 1.165) is 35.3 Å². The highest BCUT2D eigenvalue weighted by molar-refractivity contribution is 7.84. The third-order valence-corrected chi connectivity index (χ3v) is 8.58. The quantitative estimate of drug-likeness (QED) is 0.390.